The topological polar surface area (TPSA) is 53.7 Å². The molecule has 188 valence electrons. The van der Waals surface area contributed by atoms with Crippen molar-refractivity contribution in [2.75, 3.05) is 33.2 Å². The van der Waals surface area contributed by atoms with Gasteiger partial charge in [0.25, 0.3) is 5.91 Å². The number of aromatic nitrogens is 2. The Labute approximate surface area is 211 Å². The number of aryl methyl sites for hydroxylation is 1. The van der Waals surface area contributed by atoms with Gasteiger partial charge in [-0.3, -0.25) is 9.48 Å². The van der Waals surface area contributed by atoms with E-state index in [0.717, 1.165) is 54.2 Å². The zero-order valence-corrected chi connectivity index (χ0v) is 20.9. The van der Waals surface area contributed by atoms with Gasteiger partial charge in [0.2, 0.25) is 0 Å². The second-order valence-electron chi connectivity index (χ2n) is 9.23. The number of rotatable bonds is 3. The van der Waals surface area contributed by atoms with E-state index < -0.39 is 11.7 Å². The minimum atomic E-state index is -4.43. The number of fused-ring (bicyclic) bond motifs is 1. The monoisotopic (exact) mass is 513 g/mol. The molecule has 1 saturated heterocycles. The molecule has 0 aliphatic carbocycles. The molecule has 1 aromatic heterocycles. The zero-order valence-electron chi connectivity index (χ0n) is 20.0. The first kappa shape index (κ1) is 24.6. The summed E-state index contributed by atoms with van der Waals surface area (Å²) in [6.07, 6.45) is 0.0420. The lowest BCUT2D eigenvalue weighted by molar-refractivity contribution is -0.138. The Morgan fingerprint density at radius 3 is 2.72 bits per heavy atom. The van der Waals surface area contributed by atoms with Crippen molar-refractivity contribution in [1.29, 1.82) is 0 Å². The molecule has 5 rings (SSSR count). The number of halogens is 3. The van der Waals surface area contributed by atoms with Crippen LogP contribution in [0.25, 0.3) is 17.0 Å². The fourth-order valence-electron chi connectivity index (χ4n) is 4.50. The summed E-state index contributed by atoms with van der Waals surface area (Å²) >= 11 is 1.39. The summed E-state index contributed by atoms with van der Waals surface area (Å²) < 4.78 is 42.2. The summed E-state index contributed by atoms with van der Waals surface area (Å²) in [5.41, 5.74) is 1.62. The Hall–Kier alpha value is -3.11. The lowest BCUT2D eigenvalue weighted by Gasteiger charge is -2.20. The molecule has 0 atom stereocenters. The van der Waals surface area contributed by atoms with Crippen molar-refractivity contribution in [3.63, 3.8) is 0 Å². The van der Waals surface area contributed by atoms with Crippen molar-refractivity contribution in [2.45, 2.75) is 26.1 Å². The van der Waals surface area contributed by atoms with Crippen LogP contribution in [0.3, 0.4) is 0 Å². The van der Waals surface area contributed by atoms with Crippen molar-refractivity contribution in [3.05, 3.63) is 69.8 Å². The smallest absolute Gasteiger partial charge is 0.349 e. The van der Waals surface area contributed by atoms with Crippen molar-refractivity contribution in [1.82, 2.24) is 19.6 Å². The maximum absolute atomic E-state index is 13.6. The van der Waals surface area contributed by atoms with E-state index in [1.54, 1.807) is 23.9 Å². The van der Waals surface area contributed by atoms with Gasteiger partial charge in [-0.1, -0.05) is 23.8 Å². The molecule has 2 aliphatic rings. The van der Waals surface area contributed by atoms with E-state index in [9.17, 15) is 18.0 Å². The van der Waals surface area contributed by atoms with Gasteiger partial charge in [-0.15, -0.1) is 0 Å². The van der Waals surface area contributed by atoms with Gasteiger partial charge in [-0.25, -0.2) is 0 Å². The summed E-state index contributed by atoms with van der Waals surface area (Å²) in [7, 11) is 2.10. The molecule has 1 fully saturated rings. The van der Waals surface area contributed by atoms with Crippen LogP contribution in [0.4, 0.5) is 13.2 Å². The van der Waals surface area contributed by atoms with Gasteiger partial charge in [-0.2, -0.15) is 23.3 Å². The van der Waals surface area contributed by atoms with E-state index in [1.807, 2.05) is 24.3 Å². The molecule has 6 nitrogen and oxygen atoms in total. The van der Waals surface area contributed by atoms with Crippen LogP contribution in [0.1, 0.15) is 28.7 Å². The first-order chi connectivity index (χ1) is 17.2. The Balaban J connectivity index is 1.35. The largest absolute Gasteiger partial charge is 0.416 e. The van der Waals surface area contributed by atoms with Gasteiger partial charge < -0.3 is 9.80 Å². The summed E-state index contributed by atoms with van der Waals surface area (Å²) in [6, 6.07) is 9.91. The Morgan fingerprint density at radius 2 is 1.92 bits per heavy atom. The van der Waals surface area contributed by atoms with Gasteiger partial charge in [0, 0.05) is 25.0 Å². The molecule has 0 spiro atoms. The molecule has 0 bridgehead atoms. The molecular weight excluding hydrogens is 487 g/mol. The predicted octanol–water partition coefficient (Wildman–Crippen LogP) is 5.02. The number of aliphatic imine (C=N–C) groups is 1. The molecule has 0 radical (unpaired) electrons. The number of nitrogens with zero attached hydrogens (tertiary/aromatic N) is 5. The fourth-order valence-corrected chi connectivity index (χ4v) is 5.46. The first-order valence-electron chi connectivity index (χ1n) is 11.8. The highest BCUT2D eigenvalue weighted by Gasteiger charge is 2.33. The van der Waals surface area contributed by atoms with E-state index in [-0.39, 0.29) is 18.0 Å². The number of likely N-dealkylation sites (N-methyl/N-ethyl adjacent to an activating group) is 1. The van der Waals surface area contributed by atoms with Crippen molar-refractivity contribution < 1.29 is 18.0 Å². The van der Waals surface area contributed by atoms with Crippen LogP contribution >= 0.6 is 11.8 Å². The summed E-state index contributed by atoms with van der Waals surface area (Å²) in [5, 5.41) is 5.87. The van der Waals surface area contributed by atoms with Gasteiger partial charge in [-0.05, 0) is 74.1 Å². The van der Waals surface area contributed by atoms with Crippen molar-refractivity contribution in [3.8, 4) is 0 Å². The second-order valence-corrected chi connectivity index (χ2v) is 10.2. The van der Waals surface area contributed by atoms with Crippen molar-refractivity contribution >= 4 is 39.8 Å². The molecule has 10 heteroatoms. The number of alkyl halides is 3. The lowest BCUT2D eigenvalue weighted by atomic mass is 10.0. The third-order valence-electron chi connectivity index (χ3n) is 6.45. The molecule has 3 heterocycles. The maximum atomic E-state index is 13.6. The van der Waals surface area contributed by atoms with Gasteiger partial charge in [0.1, 0.15) is 0 Å². The minimum absolute atomic E-state index is 0.00954. The molecule has 2 aromatic carbocycles. The average Bonchev–Trinajstić information content (AvgIpc) is 3.31. The number of hydrogen-bond donors (Lipinski definition) is 0. The maximum Gasteiger partial charge on any atom is 0.416 e. The number of hydrogen-bond acceptors (Lipinski definition) is 5. The highest BCUT2D eigenvalue weighted by atomic mass is 32.2. The van der Waals surface area contributed by atoms with Crippen LogP contribution in [0.15, 0.2) is 52.5 Å². The van der Waals surface area contributed by atoms with Gasteiger partial charge >= 0.3 is 6.18 Å². The van der Waals surface area contributed by atoms with Crippen LogP contribution in [0, 0.1) is 6.92 Å². The average molecular weight is 514 g/mol. The summed E-state index contributed by atoms with van der Waals surface area (Å²) in [4.78, 5) is 21.8. The summed E-state index contributed by atoms with van der Waals surface area (Å²) in [6.45, 7) is 5.33. The van der Waals surface area contributed by atoms with Crippen LogP contribution < -0.4 is 0 Å². The molecular formula is C26H26F3N5OS. The zero-order chi connectivity index (χ0) is 25.4. The van der Waals surface area contributed by atoms with E-state index in [2.05, 4.69) is 26.9 Å². The number of amidine groups is 1. The lowest BCUT2D eigenvalue weighted by Crippen LogP contribution is -2.32. The third-order valence-corrected chi connectivity index (χ3v) is 7.50. The fraction of sp³-hybridized carbons (Fsp3) is 0.346. The molecule has 1 amide bonds. The molecule has 3 aromatic rings. The Morgan fingerprint density at radius 1 is 1.08 bits per heavy atom. The van der Waals surface area contributed by atoms with Gasteiger partial charge in [0.15, 0.2) is 5.17 Å². The number of carbonyl (C=O) groups is 1. The van der Waals surface area contributed by atoms with E-state index >= 15 is 0 Å². The Kier molecular flexibility index (Phi) is 6.65. The van der Waals surface area contributed by atoms with E-state index in [0.29, 0.717) is 10.5 Å². The SMILES string of the molecule is Cc1ccc(Cn2ncc3cc(/C=C4\SC(N5CCCN(C)CC5)=NC4=O)ccc32)c(C(F)(F)F)c1. The molecule has 0 saturated carbocycles. The molecule has 36 heavy (non-hydrogen) atoms. The van der Waals surface area contributed by atoms with Crippen LogP contribution in [0.2, 0.25) is 0 Å². The van der Waals surface area contributed by atoms with Crippen molar-refractivity contribution in [2.24, 2.45) is 4.99 Å². The predicted molar refractivity (Wildman–Crippen MR) is 137 cm³/mol. The molecule has 0 unspecified atom stereocenters. The van der Waals surface area contributed by atoms with Gasteiger partial charge in [0.05, 0.1) is 28.7 Å². The number of thioether (sulfide) groups is 1. The Bertz CT molecular complexity index is 1380. The van der Waals surface area contributed by atoms with Crippen LogP contribution in [-0.2, 0) is 17.5 Å². The normalized spacial score (nSPS) is 18.8. The van der Waals surface area contributed by atoms with E-state index in [1.165, 1.54) is 23.9 Å². The first-order valence-corrected chi connectivity index (χ1v) is 12.6. The number of amides is 1. The quantitative estimate of drug-likeness (QED) is 0.461. The van der Waals surface area contributed by atoms with Crippen LogP contribution in [-0.4, -0.2) is 63.9 Å². The van der Waals surface area contributed by atoms with E-state index in [4.69, 9.17) is 0 Å². The standard InChI is InChI=1S/C26H26F3N5OS/c1-17-4-6-19(21(12-17)26(27,28)29)16-34-22-7-5-18(13-20(22)15-30-34)14-23-24(35)31-25(36-23)33-9-3-8-32(2)10-11-33/h4-7,12-15H,3,8-11,16H2,1-2H3/b23-14-. The highest BCUT2D eigenvalue weighted by molar-refractivity contribution is 8.18. The summed E-state index contributed by atoms with van der Waals surface area (Å²) in [5.74, 6) is -0.248. The molecule has 0 N–H and O–H groups in total. The minimum Gasteiger partial charge on any atom is -0.349 e. The second kappa shape index (κ2) is 9.74. The molecule has 2 aliphatic heterocycles. The van der Waals surface area contributed by atoms with Crippen LogP contribution in [0.5, 0.6) is 0 Å². The third kappa shape index (κ3) is 5.19. The highest BCUT2D eigenvalue weighted by Crippen LogP contribution is 2.34. The number of carbonyl (C=O) groups excluding carboxylic acids is 1. The number of benzene rings is 2.